The van der Waals surface area contributed by atoms with Gasteiger partial charge in [-0.25, -0.2) is 0 Å². The molecule has 0 N–H and O–H groups in total. The van der Waals surface area contributed by atoms with Crippen LogP contribution in [0.3, 0.4) is 0 Å². The Labute approximate surface area is 190 Å². The van der Waals surface area contributed by atoms with E-state index in [1.54, 1.807) is 24.3 Å². The van der Waals surface area contributed by atoms with E-state index in [0.717, 1.165) is 37.2 Å². The predicted molar refractivity (Wildman–Crippen MR) is 130 cm³/mol. The van der Waals surface area contributed by atoms with Crippen molar-refractivity contribution in [3.63, 3.8) is 0 Å². The van der Waals surface area contributed by atoms with E-state index in [4.69, 9.17) is 0 Å². The van der Waals surface area contributed by atoms with Gasteiger partial charge in [-0.1, -0.05) is 48.5 Å². The van der Waals surface area contributed by atoms with Crippen molar-refractivity contribution in [3.05, 3.63) is 132 Å². The van der Waals surface area contributed by atoms with Gasteiger partial charge in [0.2, 0.25) is 0 Å². The van der Waals surface area contributed by atoms with Crippen molar-refractivity contribution in [2.75, 3.05) is 4.90 Å². The molecule has 0 spiro atoms. The van der Waals surface area contributed by atoms with Crippen LogP contribution in [0.25, 0.3) is 5.57 Å². The quantitative estimate of drug-likeness (QED) is 0.329. The van der Waals surface area contributed by atoms with Gasteiger partial charge in [-0.2, -0.15) is 0 Å². The molecule has 2 aliphatic heterocycles. The highest BCUT2D eigenvalue weighted by molar-refractivity contribution is 6.57. The Bertz CT molecular complexity index is 1380. The fourth-order valence-corrected chi connectivity index (χ4v) is 4.69. The van der Waals surface area contributed by atoms with E-state index >= 15 is 8.63 Å². The van der Waals surface area contributed by atoms with Gasteiger partial charge in [0.15, 0.2) is 5.70 Å². The summed E-state index contributed by atoms with van der Waals surface area (Å²) in [5.74, 6) is 0. The molecule has 6 heteroatoms. The maximum Gasteiger partial charge on any atom is 0.737 e. The highest BCUT2D eigenvalue weighted by Gasteiger charge is 2.51. The van der Waals surface area contributed by atoms with Gasteiger partial charge in [-0.15, -0.1) is 0 Å². The lowest BCUT2D eigenvalue weighted by Crippen LogP contribution is -2.49. The lowest BCUT2D eigenvalue weighted by Gasteiger charge is -2.31. The third-order valence-corrected chi connectivity index (χ3v) is 6.18. The maximum absolute atomic E-state index is 15.1. The highest BCUT2D eigenvalue weighted by Crippen LogP contribution is 2.40. The minimum Gasteiger partial charge on any atom is -0.396 e. The molecule has 3 aromatic carbocycles. The summed E-state index contributed by atoms with van der Waals surface area (Å²) in [6.45, 7) is -3.89. The first-order chi connectivity index (χ1) is 16.1. The number of hydrogen-bond acceptors (Lipinski definition) is 1. The molecule has 0 atom stereocenters. The number of hydrogen-bond donors (Lipinski definition) is 0. The Morgan fingerprint density at radius 1 is 0.697 bits per heavy atom. The minimum absolute atomic E-state index is 0.530. The van der Waals surface area contributed by atoms with E-state index in [0.29, 0.717) is 11.4 Å². The van der Waals surface area contributed by atoms with Crippen LogP contribution in [-0.2, 0) is 0 Å². The lowest BCUT2D eigenvalue weighted by atomic mass is 9.86. The van der Waals surface area contributed by atoms with Gasteiger partial charge in [0, 0.05) is 34.9 Å². The van der Waals surface area contributed by atoms with Crippen molar-refractivity contribution < 1.29 is 13.1 Å². The molecule has 0 amide bonds. The summed E-state index contributed by atoms with van der Waals surface area (Å²) in [5.41, 5.74) is 5.84. The summed E-state index contributed by atoms with van der Waals surface area (Å²) in [6, 6.07) is 31.9. The van der Waals surface area contributed by atoms with Gasteiger partial charge in [-0.3, -0.25) is 0 Å². The van der Waals surface area contributed by atoms with Crippen LogP contribution in [0.15, 0.2) is 121 Å². The van der Waals surface area contributed by atoms with Crippen LogP contribution in [-0.4, -0.2) is 22.1 Å². The molecule has 1 aromatic heterocycles. The first kappa shape index (κ1) is 19.5. The van der Waals surface area contributed by atoms with Crippen LogP contribution >= 0.6 is 0 Å². The molecule has 0 radical (unpaired) electrons. The maximum atomic E-state index is 15.1. The number of halogens is 2. The molecule has 0 aliphatic carbocycles. The van der Waals surface area contributed by atoms with Crippen LogP contribution < -0.4 is 4.90 Å². The number of fused-ring (bicyclic) bond motifs is 2. The molecule has 4 aromatic rings. The van der Waals surface area contributed by atoms with Crippen LogP contribution in [0, 0.1) is 0 Å². The van der Waals surface area contributed by atoms with Crippen molar-refractivity contribution in [3.8, 4) is 0 Å². The summed E-state index contributed by atoms with van der Waals surface area (Å²) in [5, 5.41) is 0. The van der Waals surface area contributed by atoms with E-state index in [9.17, 15) is 0 Å². The smallest absolute Gasteiger partial charge is 0.396 e. The van der Waals surface area contributed by atoms with Crippen LogP contribution in [0.1, 0.15) is 11.3 Å². The van der Waals surface area contributed by atoms with Crippen molar-refractivity contribution >= 4 is 35.8 Å². The largest absolute Gasteiger partial charge is 0.737 e. The van der Waals surface area contributed by atoms with Gasteiger partial charge >= 0.3 is 6.97 Å². The number of rotatable bonds is 4. The molecule has 0 unspecified atom stereocenters. The number of aromatic nitrogens is 1. The Morgan fingerprint density at radius 3 is 1.94 bits per heavy atom. The fourth-order valence-electron chi connectivity index (χ4n) is 4.69. The molecule has 0 saturated carbocycles. The Balaban J connectivity index is 1.47. The van der Waals surface area contributed by atoms with E-state index in [-0.39, 0.29) is 0 Å². The average Bonchev–Trinajstić information content (AvgIpc) is 3.53. The molecule has 2 aliphatic rings. The third-order valence-electron chi connectivity index (χ3n) is 6.18. The number of allylic oxidation sites excluding steroid dienone is 2. The van der Waals surface area contributed by atoms with E-state index in [2.05, 4.69) is 29.2 Å². The molecule has 3 nitrogen and oxygen atoms in total. The molecule has 3 heterocycles. The summed E-state index contributed by atoms with van der Waals surface area (Å²) in [7, 11) is 0. The number of anilines is 3. The molecule has 160 valence electrons. The Morgan fingerprint density at radius 2 is 1.30 bits per heavy atom. The zero-order chi connectivity index (χ0) is 22.4. The van der Waals surface area contributed by atoms with Crippen LogP contribution in [0.5, 0.6) is 0 Å². The average molecular weight is 435 g/mol. The highest BCUT2D eigenvalue weighted by atomic mass is 19.2. The van der Waals surface area contributed by atoms with Gasteiger partial charge in [0.1, 0.15) is 6.21 Å². The molecule has 6 rings (SSSR count). The van der Waals surface area contributed by atoms with Gasteiger partial charge in [0.25, 0.3) is 0 Å². The van der Waals surface area contributed by atoms with E-state index < -0.39 is 6.97 Å². The molecule has 0 fully saturated rings. The SMILES string of the molecule is F[B-]1(F)n2cccc2C(c2ccc(N(c3ccccc3)c3ccccc3)cc2)=C2C=CC=[N+]21. The fraction of sp³-hybridized carbons (Fsp3) is 0. The predicted octanol–water partition coefficient (Wildman–Crippen LogP) is 6.61. The summed E-state index contributed by atoms with van der Waals surface area (Å²) in [6.07, 6.45) is 6.35. The first-order valence-electron chi connectivity index (χ1n) is 10.9. The summed E-state index contributed by atoms with van der Waals surface area (Å²) >= 11 is 0. The van der Waals surface area contributed by atoms with Gasteiger partial charge in [0.05, 0.1) is 5.57 Å². The zero-order valence-electron chi connectivity index (χ0n) is 17.7. The standard InChI is InChI=1S/C27H20BF2N3/c29-28(30)31-19-7-13-25(31)27(26-14-8-20-32(26)28)21-15-17-24(18-16-21)33(22-9-3-1-4-10-22)23-11-5-2-6-12-23/h1-20H. The number of benzene rings is 3. The van der Waals surface area contributed by atoms with E-state index in [1.807, 2.05) is 60.7 Å². The second kappa shape index (κ2) is 7.45. The van der Waals surface area contributed by atoms with Crippen molar-refractivity contribution in [1.29, 1.82) is 0 Å². The normalized spacial score (nSPS) is 15.8. The molecule has 0 bridgehead atoms. The van der Waals surface area contributed by atoms with Crippen molar-refractivity contribution in [1.82, 2.24) is 4.48 Å². The number of nitrogens with zero attached hydrogens (tertiary/aromatic N) is 3. The van der Waals surface area contributed by atoms with Gasteiger partial charge in [-0.05, 0) is 60.3 Å². The Hall–Kier alpha value is -4.19. The van der Waals surface area contributed by atoms with Crippen LogP contribution in [0.4, 0.5) is 25.7 Å². The molecule has 0 saturated heterocycles. The summed E-state index contributed by atoms with van der Waals surface area (Å²) < 4.78 is 32.3. The summed E-state index contributed by atoms with van der Waals surface area (Å²) in [4.78, 5) is 2.18. The zero-order valence-corrected chi connectivity index (χ0v) is 17.7. The molecular weight excluding hydrogens is 415 g/mol. The second-order valence-electron chi connectivity index (χ2n) is 8.12. The Kier molecular flexibility index (Phi) is 4.40. The molecular formula is C27H20BF2N3. The van der Waals surface area contributed by atoms with Crippen molar-refractivity contribution in [2.45, 2.75) is 0 Å². The lowest BCUT2D eigenvalue weighted by molar-refractivity contribution is -0.356. The number of para-hydroxylation sites is 2. The minimum atomic E-state index is -3.89. The topological polar surface area (TPSA) is 11.2 Å². The van der Waals surface area contributed by atoms with Gasteiger partial charge < -0.3 is 22.5 Å². The van der Waals surface area contributed by atoms with E-state index in [1.165, 1.54) is 12.4 Å². The molecule has 33 heavy (non-hydrogen) atoms. The van der Waals surface area contributed by atoms with Crippen LogP contribution in [0.2, 0.25) is 0 Å². The van der Waals surface area contributed by atoms with Crippen molar-refractivity contribution in [2.24, 2.45) is 0 Å². The monoisotopic (exact) mass is 435 g/mol. The second-order valence-corrected chi connectivity index (χ2v) is 8.12. The third kappa shape index (κ3) is 3.06. The first-order valence-corrected chi connectivity index (χ1v) is 10.9.